The monoisotopic (exact) mass is 285 g/mol. The van der Waals surface area contributed by atoms with Gasteiger partial charge in [-0.3, -0.25) is 10.1 Å². The highest BCUT2D eigenvalue weighted by molar-refractivity contribution is 6.03. The van der Waals surface area contributed by atoms with Crippen molar-refractivity contribution in [3.63, 3.8) is 0 Å². The van der Waals surface area contributed by atoms with Gasteiger partial charge >= 0.3 is 6.18 Å². The third-order valence-corrected chi connectivity index (χ3v) is 2.56. The van der Waals surface area contributed by atoms with Crippen molar-refractivity contribution in [3.8, 4) is 0 Å². The van der Waals surface area contributed by atoms with Crippen LogP contribution in [0.3, 0.4) is 0 Å². The molecule has 2 rings (SSSR count). The maximum atomic E-state index is 12.7. The van der Waals surface area contributed by atoms with Crippen LogP contribution in [0.15, 0.2) is 24.5 Å². The molecule has 106 valence electrons. The Morgan fingerprint density at radius 2 is 2.10 bits per heavy atom. The molecule has 1 aromatic heterocycles. The summed E-state index contributed by atoms with van der Waals surface area (Å²) in [6, 6.07) is 2.94. The minimum absolute atomic E-state index is 0.125. The van der Waals surface area contributed by atoms with Crippen LogP contribution in [-0.2, 0) is 13.2 Å². The zero-order valence-electron chi connectivity index (χ0n) is 10.3. The van der Waals surface area contributed by atoms with Crippen molar-refractivity contribution in [2.24, 2.45) is 7.05 Å². The Bertz CT molecular complexity index is 650. The Balaban J connectivity index is 2.29. The number of alkyl halides is 3. The third kappa shape index (κ3) is 2.71. The molecule has 0 atom stereocenters. The summed E-state index contributed by atoms with van der Waals surface area (Å²) < 4.78 is 39.4. The SMILES string of the molecule is Cn1ncnc1NC(=O)c1ccc(N)c(C(F)(F)F)c1. The molecule has 1 amide bonds. The quantitative estimate of drug-likeness (QED) is 0.822. The molecule has 0 saturated heterocycles. The van der Waals surface area contributed by atoms with Crippen molar-refractivity contribution < 1.29 is 18.0 Å². The number of hydrogen-bond donors (Lipinski definition) is 2. The lowest BCUT2D eigenvalue weighted by molar-refractivity contribution is -0.136. The number of nitrogens with one attached hydrogen (secondary N) is 1. The lowest BCUT2D eigenvalue weighted by atomic mass is 10.1. The predicted octanol–water partition coefficient (Wildman–Crippen LogP) is 1.67. The lowest BCUT2D eigenvalue weighted by Crippen LogP contribution is -2.17. The van der Waals surface area contributed by atoms with E-state index >= 15 is 0 Å². The number of nitrogens with zero attached hydrogens (tertiary/aromatic N) is 3. The number of nitrogens with two attached hydrogens (primary N) is 1. The van der Waals surface area contributed by atoms with E-state index in [1.807, 2.05) is 0 Å². The summed E-state index contributed by atoms with van der Waals surface area (Å²) in [5.74, 6) is -0.605. The first-order valence-electron chi connectivity index (χ1n) is 5.41. The molecule has 2 aromatic rings. The summed E-state index contributed by atoms with van der Waals surface area (Å²) in [6.07, 6.45) is -3.41. The predicted molar refractivity (Wildman–Crippen MR) is 64.8 cm³/mol. The van der Waals surface area contributed by atoms with Gasteiger partial charge in [0.2, 0.25) is 5.95 Å². The highest BCUT2D eigenvalue weighted by Crippen LogP contribution is 2.34. The van der Waals surface area contributed by atoms with E-state index < -0.39 is 23.3 Å². The van der Waals surface area contributed by atoms with Gasteiger partial charge in [-0.1, -0.05) is 0 Å². The molecule has 0 unspecified atom stereocenters. The summed E-state index contributed by atoms with van der Waals surface area (Å²) in [5, 5.41) is 6.07. The van der Waals surface area contributed by atoms with Gasteiger partial charge in [0, 0.05) is 18.3 Å². The second-order valence-electron chi connectivity index (χ2n) is 3.96. The Labute approximate surface area is 111 Å². The van der Waals surface area contributed by atoms with E-state index in [2.05, 4.69) is 15.4 Å². The van der Waals surface area contributed by atoms with Gasteiger partial charge in [-0.2, -0.15) is 23.3 Å². The molecule has 0 spiro atoms. The van der Waals surface area contributed by atoms with Crippen LogP contribution >= 0.6 is 0 Å². The molecule has 1 heterocycles. The van der Waals surface area contributed by atoms with Crippen molar-refractivity contribution in [2.45, 2.75) is 6.18 Å². The first kappa shape index (κ1) is 13.8. The molecule has 3 N–H and O–H groups in total. The van der Waals surface area contributed by atoms with E-state index in [0.29, 0.717) is 6.07 Å². The van der Waals surface area contributed by atoms with Gasteiger partial charge in [-0.25, -0.2) is 4.68 Å². The van der Waals surface area contributed by atoms with E-state index in [9.17, 15) is 18.0 Å². The number of halogens is 3. The van der Waals surface area contributed by atoms with Crippen molar-refractivity contribution in [1.82, 2.24) is 14.8 Å². The van der Waals surface area contributed by atoms with Crippen molar-refractivity contribution in [1.29, 1.82) is 0 Å². The molecule has 6 nitrogen and oxygen atoms in total. The van der Waals surface area contributed by atoms with Crippen LogP contribution in [0.4, 0.5) is 24.8 Å². The fourth-order valence-corrected chi connectivity index (χ4v) is 1.53. The molecular formula is C11H10F3N5O. The Morgan fingerprint density at radius 3 is 2.65 bits per heavy atom. The summed E-state index contributed by atoms with van der Waals surface area (Å²) in [6.45, 7) is 0. The average Bonchev–Trinajstić information content (AvgIpc) is 2.74. The molecule has 0 aliphatic rings. The molecule has 0 aliphatic carbocycles. The maximum Gasteiger partial charge on any atom is 0.418 e. The number of anilines is 2. The zero-order valence-corrected chi connectivity index (χ0v) is 10.3. The van der Waals surface area contributed by atoms with Gasteiger partial charge in [0.25, 0.3) is 5.91 Å². The van der Waals surface area contributed by atoms with E-state index in [1.54, 1.807) is 0 Å². The van der Waals surface area contributed by atoms with Crippen LogP contribution in [0.5, 0.6) is 0 Å². The number of aryl methyl sites for hydroxylation is 1. The number of amides is 1. The van der Waals surface area contributed by atoms with Gasteiger partial charge in [0.15, 0.2) is 0 Å². The van der Waals surface area contributed by atoms with Crippen LogP contribution in [-0.4, -0.2) is 20.7 Å². The molecule has 0 bridgehead atoms. The normalized spacial score (nSPS) is 11.4. The number of rotatable bonds is 2. The van der Waals surface area contributed by atoms with Crippen LogP contribution in [0.2, 0.25) is 0 Å². The molecule has 20 heavy (non-hydrogen) atoms. The number of carbonyl (C=O) groups is 1. The number of carbonyl (C=O) groups excluding carboxylic acids is 1. The van der Waals surface area contributed by atoms with Gasteiger partial charge in [0.05, 0.1) is 5.56 Å². The average molecular weight is 285 g/mol. The molecule has 0 aliphatic heterocycles. The molecule has 1 aromatic carbocycles. The Hall–Kier alpha value is -2.58. The first-order chi connectivity index (χ1) is 9.29. The summed E-state index contributed by atoms with van der Waals surface area (Å²) in [7, 11) is 1.53. The van der Waals surface area contributed by atoms with Crippen LogP contribution in [0.1, 0.15) is 15.9 Å². The van der Waals surface area contributed by atoms with Crippen LogP contribution in [0, 0.1) is 0 Å². The maximum absolute atomic E-state index is 12.7. The van der Waals surface area contributed by atoms with Gasteiger partial charge in [-0.15, -0.1) is 0 Å². The molecule has 0 saturated carbocycles. The lowest BCUT2D eigenvalue weighted by Gasteiger charge is -2.11. The topological polar surface area (TPSA) is 85.8 Å². The third-order valence-electron chi connectivity index (χ3n) is 2.56. The zero-order chi connectivity index (χ0) is 14.9. The van der Waals surface area contributed by atoms with Gasteiger partial charge in [-0.05, 0) is 18.2 Å². The van der Waals surface area contributed by atoms with Crippen molar-refractivity contribution in [3.05, 3.63) is 35.7 Å². The van der Waals surface area contributed by atoms with Crippen molar-refractivity contribution in [2.75, 3.05) is 11.1 Å². The van der Waals surface area contributed by atoms with E-state index in [4.69, 9.17) is 5.73 Å². The van der Waals surface area contributed by atoms with E-state index in [-0.39, 0.29) is 11.5 Å². The molecule has 0 fully saturated rings. The number of nitrogen functional groups attached to an aromatic ring is 1. The van der Waals surface area contributed by atoms with E-state index in [0.717, 1.165) is 6.07 Å². The Morgan fingerprint density at radius 1 is 1.40 bits per heavy atom. The second kappa shape index (κ2) is 4.83. The largest absolute Gasteiger partial charge is 0.418 e. The summed E-state index contributed by atoms with van der Waals surface area (Å²) in [4.78, 5) is 15.6. The van der Waals surface area contributed by atoms with E-state index in [1.165, 1.54) is 24.1 Å². The number of hydrogen-bond acceptors (Lipinski definition) is 4. The fraction of sp³-hybridized carbons (Fsp3) is 0.182. The highest BCUT2D eigenvalue weighted by atomic mass is 19.4. The number of aromatic nitrogens is 3. The Kier molecular flexibility index (Phi) is 3.35. The van der Waals surface area contributed by atoms with Gasteiger partial charge in [0.1, 0.15) is 6.33 Å². The van der Waals surface area contributed by atoms with Gasteiger partial charge < -0.3 is 5.73 Å². The molecule has 0 radical (unpaired) electrons. The number of benzene rings is 1. The molecular weight excluding hydrogens is 275 g/mol. The van der Waals surface area contributed by atoms with Crippen LogP contribution in [0.25, 0.3) is 0 Å². The minimum atomic E-state index is -4.62. The molecule has 9 heteroatoms. The van der Waals surface area contributed by atoms with Crippen LogP contribution < -0.4 is 11.1 Å². The standard InChI is InChI=1S/C11H10F3N5O/c1-19-10(16-5-17-19)18-9(20)6-2-3-8(15)7(4-6)11(12,13)14/h2-5H,15H2,1H3,(H,16,17,18,20). The smallest absolute Gasteiger partial charge is 0.398 e. The summed E-state index contributed by atoms with van der Waals surface area (Å²) in [5.41, 5.74) is 3.60. The fourth-order valence-electron chi connectivity index (χ4n) is 1.53. The summed E-state index contributed by atoms with van der Waals surface area (Å²) >= 11 is 0. The van der Waals surface area contributed by atoms with Crippen molar-refractivity contribution >= 4 is 17.5 Å². The minimum Gasteiger partial charge on any atom is -0.398 e. The highest BCUT2D eigenvalue weighted by Gasteiger charge is 2.33. The first-order valence-corrected chi connectivity index (χ1v) is 5.41. The second-order valence-corrected chi connectivity index (χ2v) is 3.96.